The zero-order chi connectivity index (χ0) is 18.1. The zero-order valence-corrected chi connectivity index (χ0v) is 15.0. The molecule has 1 aromatic heterocycles. The summed E-state index contributed by atoms with van der Waals surface area (Å²) in [5.74, 6) is 0.437. The number of benzene rings is 2. The molecule has 0 spiro atoms. The van der Waals surface area contributed by atoms with Crippen molar-refractivity contribution >= 4 is 27.5 Å². The summed E-state index contributed by atoms with van der Waals surface area (Å²) in [6.45, 7) is 1.07. The molecule has 1 amide bonds. The van der Waals surface area contributed by atoms with E-state index in [2.05, 4.69) is 4.98 Å². The van der Waals surface area contributed by atoms with Crippen LogP contribution in [0.25, 0.3) is 10.2 Å². The van der Waals surface area contributed by atoms with Gasteiger partial charge in [-0.2, -0.15) is 4.98 Å². The van der Waals surface area contributed by atoms with Crippen LogP contribution in [0.1, 0.15) is 5.56 Å². The molecule has 0 atom stereocenters. The van der Waals surface area contributed by atoms with Gasteiger partial charge in [0.15, 0.2) is 0 Å². The summed E-state index contributed by atoms with van der Waals surface area (Å²) in [5.41, 5.74) is 1.60. The number of hydrogen-bond donors (Lipinski definition) is 0. The third kappa shape index (κ3) is 3.35. The number of fused-ring (bicyclic) bond motifs is 1. The minimum atomic E-state index is -0.300. The van der Waals surface area contributed by atoms with E-state index in [1.807, 2.05) is 18.2 Å². The quantitative estimate of drug-likeness (QED) is 0.690. The Morgan fingerprint density at radius 2 is 2.04 bits per heavy atom. The Labute approximate surface area is 154 Å². The molecule has 0 aliphatic carbocycles. The first kappa shape index (κ1) is 16.8. The van der Waals surface area contributed by atoms with Crippen LogP contribution in [-0.4, -0.2) is 42.1 Å². The lowest BCUT2D eigenvalue weighted by atomic mass is 10.1. The number of rotatable bonds is 5. The first-order valence-electron chi connectivity index (χ1n) is 8.25. The van der Waals surface area contributed by atoms with E-state index in [9.17, 15) is 9.18 Å². The van der Waals surface area contributed by atoms with Gasteiger partial charge in [-0.1, -0.05) is 29.5 Å². The van der Waals surface area contributed by atoms with Crippen LogP contribution >= 0.6 is 11.3 Å². The van der Waals surface area contributed by atoms with Crippen LogP contribution in [0.5, 0.6) is 10.9 Å². The summed E-state index contributed by atoms with van der Waals surface area (Å²) < 4.78 is 25.1. The number of para-hydroxylation sites is 1. The Kier molecular flexibility index (Phi) is 4.46. The third-order valence-electron chi connectivity index (χ3n) is 4.32. The second kappa shape index (κ2) is 6.92. The number of ether oxygens (including phenoxy) is 2. The van der Waals surface area contributed by atoms with Crippen LogP contribution in [0, 0.1) is 5.82 Å². The minimum Gasteiger partial charge on any atom is -0.494 e. The van der Waals surface area contributed by atoms with Crippen LogP contribution in [-0.2, 0) is 11.2 Å². The van der Waals surface area contributed by atoms with Crippen LogP contribution in [0.4, 0.5) is 4.39 Å². The number of methoxy groups -OCH3 is 1. The number of aromatic nitrogens is 1. The molecular weight excluding hydrogens is 355 g/mol. The normalized spacial score (nSPS) is 14.3. The van der Waals surface area contributed by atoms with E-state index in [0.29, 0.717) is 18.3 Å². The number of carbonyl (C=O) groups excluding carboxylic acids is 1. The summed E-state index contributed by atoms with van der Waals surface area (Å²) in [4.78, 5) is 18.5. The molecule has 3 aromatic rings. The van der Waals surface area contributed by atoms with Crippen LogP contribution in [0.15, 0.2) is 42.5 Å². The summed E-state index contributed by atoms with van der Waals surface area (Å²) in [6.07, 6.45) is 0.212. The first-order valence-corrected chi connectivity index (χ1v) is 9.06. The molecule has 1 fully saturated rings. The molecule has 1 saturated heterocycles. The van der Waals surface area contributed by atoms with Gasteiger partial charge in [0, 0.05) is 0 Å². The van der Waals surface area contributed by atoms with E-state index >= 15 is 0 Å². The SMILES string of the molecule is COc1cccc2sc(OC3CN(C(=O)Cc4ccc(F)cc4)C3)nc12. The lowest BCUT2D eigenvalue weighted by Gasteiger charge is -2.38. The van der Waals surface area contributed by atoms with Gasteiger partial charge in [-0.05, 0) is 29.8 Å². The van der Waals surface area contributed by atoms with Crippen molar-refractivity contribution in [3.8, 4) is 10.9 Å². The van der Waals surface area contributed by atoms with Gasteiger partial charge in [-0.3, -0.25) is 4.79 Å². The lowest BCUT2D eigenvalue weighted by molar-refractivity contribution is -0.139. The highest BCUT2D eigenvalue weighted by atomic mass is 32.1. The van der Waals surface area contributed by atoms with Crippen LogP contribution < -0.4 is 9.47 Å². The van der Waals surface area contributed by atoms with Crippen LogP contribution in [0.2, 0.25) is 0 Å². The summed E-state index contributed by atoms with van der Waals surface area (Å²) in [6, 6.07) is 11.8. The van der Waals surface area contributed by atoms with Crippen molar-refractivity contribution < 1.29 is 18.7 Å². The molecule has 4 rings (SSSR count). The molecule has 0 unspecified atom stereocenters. The largest absolute Gasteiger partial charge is 0.494 e. The molecular formula is C19H17FN2O3S. The number of thiazole rings is 1. The molecule has 7 heteroatoms. The smallest absolute Gasteiger partial charge is 0.274 e. The maximum atomic E-state index is 12.9. The molecule has 0 bridgehead atoms. The monoisotopic (exact) mass is 372 g/mol. The maximum absolute atomic E-state index is 12.9. The average Bonchev–Trinajstić information content (AvgIpc) is 3.02. The highest BCUT2D eigenvalue weighted by Gasteiger charge is 2.32. The van der Waals surface area contributed by atoms with E-state index in [0.717, 1.165) is 21.5 Å². The van der Waals surface area contributed by atoms with Gasteiger partial charge < -0.3 is 14.4 Å². The molecule has 0 radical (unpaired) electrons. The van der Waals surface area contributed by atoms with Crippen molar-refractivity contribution in [1.29, 1.82) is 0 Å². The van der Waals surface area contributed by atoms with E-state index in [4.69, 9.17) is 9.47 Å². The predicted octanol–water partition coefficient (Wildman–Crippen LogP) is 3.28. The van der Waals surface area contributed by atoms with E-state index in [-0.39, 0.29) is 24.2 Å². The van der Waals surface area contributed by atoms with E-state index < -0.39 is 0 Å². The fourth-order valence-electron chi connectivity index (χ4n) is 2.87. The Morgan fingerprint density at radius 1 is 1.27 bits per heavy atom. The number of likely N-dealkylation sites (tertiary alicyclic amines) is 1. The average molecular weight is 372 g/mol. The van der Waals surface area contributed by atoms with Gasteiger partial charge in [0.2, 0.25) is 5.91 Å². The van der Waals surface area contributed by atoms with Gasteiger partial charge in [-0.15, -0.1) is 0 Å². The van der Waals surface area contributed by atoms with E-state index in [1.54, 1.807) is 24.1 Å². The molecule has 1 aliphatic rings. The number of hydrogen-bond acceptors (Lipinski definition) is 5. The van der Waals surface area contributed by atoms with Crippen molar-refractivity contribution in [3.63, 3.8) is 0 Å². The molecule has 2 heterocycles. The molecule has 0 saturated carbocycles. The van der Waals surface area contributed by atoms with Gasteiger partial charge in [-0.25, -0.2) is 4.39 Å². The maximum Gasteiger partial charge on any atom is 0.274 e. The van der Waals surface area contributed by atoms with Gasteiger partial charge in [0.05, 0.1) is 31.3 Å². The summed E-state index contributed by atoms with van der Waals surface area (Å²) in [7, 11) is 1.62. The molecule has 0 N–H and O–H groups in total. The summed E-state index contributed by atoms with van der Waals surface area (Å²) in [5, 5.41) is 0.583. The molecule has 134 valence electrons. The fourth-order valence-corrected chi connectivity index (χ4v) is 3.76. The summed E-state index contributed by atoms with van der Waals surface area (Å²) >= 11 is 1.47. The molecule has 26 heavy (non-hydrogen) atoms. The standard InChI is InChI=1S/C19H17FN2O3S/c1-24-15-3-2-4-16-18(15)21-19(26-16)25-14-10-22(11-14)17(23)9-12-5-7-13(20)8-6-12/h2-8,14H,9-11H2,1H3. The van der Waals surface area contributed by atoms with Crippen molar-refractivity contribution in [1.82, 2.24) is 9.88 Å². The first-order chi connectivity index (χ1) is 12.6. The Balaban J connectivity index is 1.33. The van der Waals surface area contributed by atoms with Crippen molar-refractivity contribution in [3.05, 3.63) is 53.8 Å². The molecule has 5 nitrogen and oxygen atoms in total. The van der Waals surface area contributed by atoms with E-state index in [1.165, 1.54) is 23.5 Å². The Morgan fingerprint density at radius 3 is 2.77 bits per heavy atom. The van der Waals surface area contributed by atoms with Crippen molar-refractivity contribution in [2.75, 3.05) is 20.2 Å². The topological polar surface area (TPSA) is 51.7 Å². The predicted molar refractivity (Wildman–Crippen MR) is 97.3 cm³/mol. The van der Waals surface area contributed by atoms with Gasteiger partial charge in [0.1, 0.15) is 23.2 Å². The number of halogens is 1. The van der Waals surface area contributed by atoms with Crippen molar-refractivity contribution in [2.45, 2.75) is 12.5 Å². The molecule has 1 aliphatic heterocycles. The fraction of sp³-hybridized carbons (Fsp3) is 0.263. The number of amides is 1. The highest BCUT2D eigenvalue weighted by Crippen LogP contribution is 2.34. The number of carbonyl (C=O) groups is 1. The van der Waals surface area contributed by atoms with Crippen molar-refractivity contribution in [2.24, 2.45) is 0 Å². The Bertz CT molecular complexity index is 936. The van der Waals surface area contributed by atoms with Gasteiger partial charge in [0.25, 0.3) is 5.19 Å². The van der Waals surface area contributed by atoms with Crippen LogP contribution in [0.3, 0.4) is 0 Å². The zero-order valence-electron chi connectivity index (χ0n) is 14.1. The molecule has 2 aromatic carbocycles. The lowest BCUT2D eigenvalue weighted by Crippen LogP contribution is -2.56. The third-order valence-corrected chi connectivity index (χ3v) is 5.23. The second-order valence-electron chi connectivity index (χ2n) is 6.13. The Hall–Kier alpha value is -2.67. The number of nitrogens with zero attached hydrogens (tertiary/aromatic N) is 2. The highest BCUT2D eigenvalue weighted by molar-refractivity contribution is 7.20. The second-order valence-corrected chi connectivity index (χ2v) is 7.12. The van der Waals surface area contributed by atoms with Gasteiger partial charge >= 0.3 is 0 Å². The minimum absolute atomic E-state index is 0.0161.